The Morgan fingerprint density at radius 1 is 1.45 bits per heavy atom. The number of nitrogens with zero attached hydrogens (tertiary/aromatic N) is 1. The van der Waals surface area contributed by atoms with Crippen molar-refractivity contribution in [1.29, 1.82) is 0 Å². The molecule has 5 heteroatoms. The summed E-state index contributed by atoms with van der Waals surface area (Å²) in [5.41, 5.74) is 1.78. The van der Waals surface area contributed by atoms with Crippen molar-refractivity contribution in [2.75, 3.05) is 19.7 Å². The highest BCUT2D eigenvalue weighted by Gasteiger charge is 2.37. The highest BCUT2D eigenvalue weighted by molar-refractivity contribution is 6.01. The fourth-order valence-electron chi connectivity index (χ4n) is 3.20. The molecule has 1 aromatic carbocycles. The topological polar surface area (TPSA) is 56.3 Å². The molecule has 4 nitrogen and oxygen atoms in total. The number of halogens is 1. The number of nitrogens with one attached hydrogen (secondary N) is 1. The molecule has 0 radical (unpaired) electrons. The number of H-pyrrole nitrogens is 1. The van der Waals surface area contributed by atoms with Gasteiger partial charge in [0.25, 0.3) is 5.91 Å². The molecule has 0 spiro atoms. The van der Waals surface area contributed by atoms with E-state index in [0.29, 0.717) is 25.1 Å². The zero-order valence-electron chi connectivity index (χ0n) is 12.9. The molecule has 118 valence electrons. The molecule has 0 saturated carbocycles. The maximum atomic E-state index is 14.3. The molecule has 2 N–H and O–H groups in total. The summed E-state index contributed by atoms with van der Waals surface area (Å²) in [6.45, 7) is 3.86. The van der Waals surface area contributed by atoms with Crippen LogP contribution in [0.3, 0.4) is 0 Å². The van der Waals surface area contributed by atoms with Gasteiger partial charge >= 0.3 is 0 Å². The molecule has 1 amide bonds. The number of aromatic nitrogens is 1. The molecule has 1 atom stereocenters. The van der Waals surface area contributed by atoms with Gasteiger partial charge < -0.3 is 15.0 Å². The summed E-state index contributed by atoms with van der Waals surface area (Å²) in [4.78, 5) is 17.4. The Bertz CT molecular complexity index is 725. The molecule has 1 fully saturated rings. The maximum absolute atomic E-state index is 14.3. The number of hydrogen-bond acceptors (Lipinski definition) is 2. The second-order valence-corrected chi connectivity index (χ2v) is 6.31. The van der Waals surface area contributed by atoms with Gasteiger partial charge in [-0.25, -0.2) is 4.39 Å². The average molecular weight is 304 g/mol. The Morgan fingerprint density at radius 3 is 2.95 bits per heavy atom. The minimum atomic E-state index is -1.68. The summed E-state index contributed by atoms with van der Waals surface area (Å²) >= 11 is 0. The number of carbonyl (C=O) groups excluding carboxylic acids is 1. The van der Waals surface area contributed by atoms with Crippen molar-refractivity contribution in [3.8, 4) is 0 Å². The van der Waals surface area contributed by atoms with Crippen molar-refractivity contribution in [2.45, 2.75) is 32.4 Å². The molecule has 1 aliphatic heterocycles. The molecule has 3 rings (SSSR count). The third-order valence-corrected chi connectivity index (χ3v) is 4.53. The van der Waals surface area contributed by atoms with Crippen LogP contribution in [0.25, 0.3) is 10.9 Å². The fraction of sp³-hybridized carbons (Fsp3) is 0.471. The van der Waals surface area contributed by atoms with Crippen LogP contribution in [0, 0.1) is 13.8 Å². The van der Waals surface area contributed by atoms with Crippen LogP contribution in [0.2, 0.25) is 0 Å². The third-order valence-electron chi connectivity index (χ3n) is 4.53. The van der Waals surface area contributed by atoms with Crippen LogP contribution in [-0.4, -0.2) is 46.3 Å². The van der Waals surface area contributed by atoms with Crippen molar-refractivity contribution >= 4 is 16.8 Å². The van der Waals surface area contributed by atoms with Crippen molar-refractivity contribution in [2.24, 2.45) is 0 Å². The largest absolute Gasteiger partial charge is 0.393 e. The molecule has 22 heavy (non-hydrogen) atoms. The van der Waals surface area contributed by atoms with Crippen molar-refractivity contribution in [3.63, 3.8) is 0 Å². The van der Waals surface area contributed by atoms with Crippen LogP contribution in [0.5, 0.6) is 0 Å². The van der Waals surface area contributed by atoms with Gasteiger partial charge in [-0.05, 0) is 44.4 Å². The first-order valence-electron chi connectivity index (χ1n) is 7.61. The van der Waals surface area contributed by atoms with Gasteiger partial charge in [0.1, 0.15) is 5.69 Å². The number of carbonyl (C=O) groups is 1. The second kappa shape index (κ2) is 5.39. The summed E-state index contributed by atoms with van der Waals surface area (Å²) in [7, 11) is 0. The van der Waals surface area contributed by atoms with E-state index in [-0.39, 0.29) is 12.5 Å². The smallest absolute Gasteiger partial charge is 0.270 e. The average Bonchev–Trinajstić information content (AvgIpc) is 2.83. The summed E-state index contributed by atoms with van der Waals surface area (Å²) in [6, 6.07) is 5.99. The van der Waals surface area contributed by atoms with E-state index in [1.165, 1.54) is 4.90 Å². The molecule has 2 aromatic rings. The summed E-state index contributed by atoms with van der Waals surface area (Å²) < 4.78 is 14.3. The molecular weight excluding hydrogens is 283 g/mol. The molecule has 0 bridgehead atoms. The van der Waals surface area contributed by atoms with Crippen molar-refractivity contribution < 1.29 is 14.3 Å². The molecule has 1 aromatic heterocycles. The number of benzene rings is 1. The van der Waals surface area contributed by atoms with E-state index in [0.717, 1.165) is 22.0 Å². The highest BCUT2D eigenvalue weighted by Crippen LogP contribution is 2.28. The molecule has 2 heterocycles. The third kappa shape index (κ3) is 2.50. The van der Waals surface area contributed by atoms with Gasteiger partial charge in [-0.15, -0.1) is 0 Å². The molecule has 1 saturated heterocycles. The number of amides is 1. The van der Waals surface area contributed by atoms with E-state index in [4.69, 9.17) is 0 Å². The monoisotopic (exact) mass is 304 g/mol. The Hall–Kier alpha value is -1.88. The molecule has 1 aliphatic rings. The number of fused-ring (bicyclic) bond motifs is 1. The van der Waals surface area contributed by atoms with Crippen LogP contribution in [0.1, 0.15) is 34.5 Å². The standard InChI is InChI=1S/C17H21FN2O2/c1-11-4-5-14-13(8-11)12(2)15(19-14)16(22)20-7-3-6-17(18,9-20)10-21/h4-5,8,19,21H,3,6-7,9-10H2,1-2H3. The first kappa shape index (κ1) is 15.0. The van der Waals surface area contributed by atoms with Gasteiger partial charge in [0.15, 0.2) is 5.67 Å². The summed E-state index contributed by atoms with van der Waals surface area (Å²) in [6.07, 6.45) is 0.874. The van der Waals surface area contributed by atoms with Gasteiger partial charge in [-0.3, -0.25) is 4.79 Å². The van der Waals surface area contributed by atoms with Gasteiger partial charge in [0.05, 0.1) is 13.2 Å². The first-order chi connectivity index (χ1) is 10.4. The Kier molecular flexibility index (Phi) is 3.68. The molecule has 0 aliphatic carbocycles. The normalized spacial score (nSPS) is 22.3. The minimum absolute atomic E-state index is 0.0455. The van der Waals surface area contributed by atoms with E-state index in [2.05, 4.69) is 4.98 Å². The lowest BCUT2D eigenvalue weighted by Gasteiger charge is -2.36. The Balaban J connectivity index is 1.93. The summed E-state index contributed by atoms with van der Waals surface area (Å²) in [5, 5.41) is 10.2. The van der Waals surface area contributed by atoms with Gasteiger partial charge in [0, 0.05) is 17.4 Å². The van der Waals surface area contributed by atoms with Crippen LogP contribution < -0.4 is 0 Å². The number of aliphatic hydroxyl groups excluding tert-OH is 1. The first-order valence-corrected chi connectivity index (χ1v) is 7.61. The van der Waals surface area contributed by atoms with Crippen LogP contribution >= 0.6 is 0 Å². The SMILES string of the molecule is Cc1ccc2[nH]c(C(=O)N3CCCC(F)(CO)C3)c(C)c2c1. The van der Waals surface area contributed by atoms with E-state index >= 15 is 0 Å². The predicted molar refractivity (Wildman–Crippen MR) is 83.8 cm³/mol. The van der Waals surface area contributed by atoms with Crippen molar-refractivity contribution in [3.05, 3.63) is 35.0 Å². The van der Waals surface area contributed by atoms with Crippen LogP contribution in [0.15, 0.2) is 18.2 Å². The summed E-state index contributed by atoms with van der Waals surface area (Å²) in [5.74, 6) is -0.193. The number of hydrogen-bond donors (Lipinski definition) is 2. The number of alkyl halides is 1. The lowest BCUT2D eigenvalue weighted by atomic mass is 9.95. The van der Waals surface area contributed by atoms with E-state index in [9.17, 15) is 14.3 Å². The second-order valence-electron chi connectivity index (χ2n) is 6.31. The van der Waals surface area contributed by atoms with Gasteiger partial charge in [-0.1, -0.05) is 11.6 Å². The zero-order valence-corrected chi connectivity index (χ0v) is 12.9. The lowest BCUT2D eigenvalue weighted by Crippen LogP contribution is -2.49. The molecule has 1 unspecified atom stereocenters. The number of likely N-dealkylation sites (tertiary alicyclic amines) is 1. The number of aryl methyl sites for hydroxylation is 2. The number of aromatic amines is 1. The zero-order chi connectivity index (χ0) is 15.9. The maximum Gasteiger partial charge on any atom is 0.270 e. The fourth-order valence-corrected chi connectivity index (χ4v) is 3.20. The van der Waals surface area contributed by atoms with E-state index in [1.54, 1.807) is 0 Å². The van der Waals surface area contributed by atoms with Crippen LogP contribution in [-0.2, 0) is 0 Å². The Labute approximate surface area is 128 Å². The Morgan fingerprint density at radius 2 is 2.23 bits per heavy atom. The van der Waals surface area contributed by atoms with Crippen LogP contribution in [0.4, 0.5) is 4.39 Å². The van der Waals surface area contributed by atoms with E-state index < -0.39 is 12.3 Å². The number of aliphatic hydroxyl groups is 1. The lowest BCUT2D eigenvalue weighted by molar-refractivity contribution is 0.00152. The molecular formula is C17H21FN2O2. The number of rotatable bonds is 2. The predicted octanol–water partition coefficient (Wildman–Crippen LogP) is 2.72. The van der Waals surface area contributed by atoms with Crippen molar-refractivity contribution in [1.82, 2.24) is 9.88 Å². The highest BCUT2D eigenvalue weighted by atomic mass is 19.1. The van der Waals surface area contributed by atoms with Gasteiger partial charge in [-0.2, -0.15) is 0 Å². The number of piperidine rings is 1. The van der Waals surface area contributed by atoms with E-state index in [1.807, 2.05) is 32.0 Å². The quantitative estimate of drug-likeness (QED) is 0.896. The minimum Gasteiger partial charge on any atom is -0.393 e. The van der Waals surface area contributed by atoms with Gasteiger partial charge in [0.2, 0.25) is 0 Å².